The van der Waals surface area contributed by atoms with Gasteiger partial charge in [0, 0.05) is 20.1 Å². The number of hydrogen-bond donors (Lipinski definition) is 3. The molecule has 0 aromatic carbocycles. The van der Waals surface area contributed by atoms with Crippen molar-refractivity contribution in [3.8, 4) is 0 Å². The van der Waals surface area contributed by atoms with Gasteiger partial charge in [0.05, 0.1) is 46.2 Å². The molecule has 0 fully saturated rings. The van der Waals surface area contributed by atoms with Crippen molar-refractivity contribution in [2.75, 3.05) is 73.0 Å². The van der Waals surface area contributed by atoms with Crippen LogP contribution in [0.4, 0.5) is 4.79 Å². The molecule has 0 bridgehead atoms. The molecule has 0 radical (unpaired) electrons. The average Bonchev–Trinajstić information content (AvgIpc) is 2.47. The Bertz CT molecular complexity index is 218. The lowest BCUT2D eigenvalue weighted by atomic mass is 10.6. The van der Waals surface area contributed by atoms with Crippen molar-refractivity contribution in [3.05, 3.63) is 0 Å². The number of amides is 1. The third-order valence-electron chi connectivity index (χ3n) is 2.12. The number of aliphatic hydroxyl groups excluding tert-OH is 1. The van der Waals surface area contributed by atoms with Gasteiger partial charge in [-0.3, -0.25) is 0 Å². The van der Waals surface area contributed by atoms with E-state index in [2.05, 4.69) is 10.6 Å². The lowest BCUT2D eigenvalue weighted by molar-refractivity contribution is 0.00813. The SMILES string of the molecule is CNC(=O)OCCNCCOCCOCCOCCO. The Labute approximate surface area is 119 Å². The number of ether oxygens (including phenoxy) is 4. The summed E-state index contributed by atoms with van der Waals surface area (Å²) in [5, 5.41) is 13.9. The summed E-state index contributed by atoms with van der Waals surface area (Å²) in [7, 11) is 1.52. The van der Waals surface area contributed by atoms with E-state index in [1.165, 1.54) is 7.05 Å². The van der Waals surface area contributed by atoms with E-state index < -0.39 is 6.09 Å². The molecule has 0 unspecified atom stereocenters. The van der Waals surface area contributed by atoms with Crippen LogP contribution in [0.2, 0.25) is 0 Å². The van der Waals surface area contributed by atoms with Crippen molar-refractivity contribution in [2.45, 2.75) is 0 Å². The smallest absolute Gasteiger partial charge is 0.406 e. The van der Waals surface area contributed by atoms with Gasteiger partial charge in [0.2, 0.25) is 0 Å². The van der Waals surface area contributed by atoms with E-state index in [4.69, 9.17) is 24.1 Å². The molecule has 1 amide bonds. The predicted molar refractivity (Wildman–Crippen MR) is 72.8 cm³/mol. The van der Waals surface area contributed by atoms with Crippen LogP contribution in [0.5, 0.6) is 0 Å². The third kappa shape index (κ3) is 15.1. The van der Waals surface area contributed by atoms with Gasteiger partial charge in [0.15, 0.2) is 0 Å². The van der Waals surface area contributed by atoms with E-state index in [1.807, 2.05) is 0 Å². The maximum absolute atomic E-state index is 10.7. The fraction of sp³-hybridized carbons (Fsp3) is 0.917. The molecule has 0 rings (SSSR count). The second-order valence-corrected chi connectivity index (χ2v) is 3.70. The fourth-order valence-corrected chi connectivity index (χ4v) is 1.16. The Morgan fingerprint density at radius 3 is 2.05 bits per heavy atom. The number of alkyl carbamates (subject to hydrolysis) is 1. The van der Waals surface area contributed by atoms with E-state index >= 15 is 0 Å². The molecular formula is C12H26N2O6. The lowest BCUT2D eigenvalue weighted by Crippen LogP contribution is -2.28. The summed E-state index contributed by atoms with van der Waals surface area (Å²) in [6.45, 7) is 4.58. The maximum atomic E-state index is 10.7. The van der Waals surface area contributed by atoms with Gasteiger partial charge >= 0.3 is 6.09 Å². The zero-order valence-electron chi connectivity index (χ0n) is 12.1. The van der Waals surface area contributed by atoms with Crippen molar-refractivity contribution in [1.82, 2.24) is 10.6 Å². The summed E-state index contributed by atoms with van der Waals surface area (Å²) < 4.78 is 20.4. The molecule has 0 atom stereocenters. The van der Waals surface area contributed by atoms with E-state index in [9.17, 15) is 4.79 Å². The zero-order valence-corrected chi connectivity index (χ0v) is 12.1. The number of rotatable bonds is 14. The van der Waals surface area contributed by atoms with E-state index in [1.54, 1.807) is 0 Å². The number of aliphatic hydroxyl groups is 1. The van der Waals surface area contributed by atoms with Gasteiger partial charge in [-0.1, -0.05) is 0 Å². The van der Waals surface area contributed by atoms with Crippen LogP contribution in [0, 0.1) is 0 Å². The first kappa shape index (κ1) is 19.1. The average molecular weight is 294 g/mol. The van der Waals surface area contributed by atoms with Gasteiger partial charge in [0.25, 0.3) is 0 Å². The van der Waals surface area contributed by atoms with Crippen molar-refractivity contribution in [2.24, 2.45) is 0 Å². The van der Waals surface area contributed by atoms with Crippen LogP contribution >= 0.6 is 0 Å². The first-order valence-corrected chi connectivity index (χ1v) is 6.70. The van der Waals surface area contributed by atoms with Crippen LogP contribution < -0.4 is 10.6 Å². The van der Waals surface area contributed by atoms with Gasteiger partial charge in [-0.25, -0.2) is 4.79 Å². The number of carbonyl (C=O) groups excluding carboxylic acids is 1. The molecule has 120 valence electrons. The first-order valence-electron chi connectivity index (χ1n) is 6.70. The summed E-state index contributed by atoms with van der Waals surface area (Å²) in [6, 6.07) is 0. The van der Waals surface area contributed by atoms with Gasteiger partial charge in [-0.15, -0.1) is 0 Å². The molecule has 0 aliphatic heterocycles. The highest BCUT2D eigenvalue weighted by Gasteiger charge is 1.96. The van der Waals surface area contributed by atoms with Crippen molar-refractivity contribution in [1.29, 1.82) is 0 Å². The molecule has 0 aliphatic rings. The van der Waals surface area contributed by atoms with E-state index in [-0.39, 0.29) is 6.61 Å². The van der Waals surface area contributed by atoms with Crippen LogP contribution in [0.15, 0.2) is 0 Å². The molecule has 8 nitrogen and oxygen atoms in total. The Hall–Kier alpha value is -0.930. The second-order valence-electron chi connectivity index (χ2n) is 3.70. The summed E-state index contributed by atoms with van der Waals surface area (Å²) >= 11 is 0. The van der Waals surface area contributed by atoms with Gasteiger partial charge < -0.3 is 34.7 Å². The molecule has 0 aromatic rings. The molecule has 0 aliphatic carbocycles. The standard InChI is InChI=1S/C12H26N2O6/c1-13-12(16)20-6-3-14-2-5-17-8-10-19-11-9-18-7-4-15/h14-15H,2-11H2,1H3,(H,13,16). The van der Waals surface area contributed by atoms with Gasteiger partial charge in [0.1, 0.15) is 6.61 Å². The summed E-state index contributed by atoms with van der Waals surface area (Å²) in [6.07, 6.45) is -0.428. The molecule has 0 heterocycles. The van der Waals surface area contributed by atoms with E-state index in [0.29, 0.717) is 59.3 Å². The Morgan fingerprint density at radius 2 is 1.45 bits per heavy atom. The van der Waals surface area contributed by atoms with Crippen LogP contribution in [-0.4, -0.2) is 84.2 Å². The molecular weight excluding hydrogens is 268 g/mol. The van der Waals surface area contributed by atoms with Crippen LogP contribution in [0.1, 0.15) is 0 Å². The number of carbonyl (C=O) groups is 1. The Kier molecular flexibility index (Phi) is 15.4. The first-order chi connectivity index (χ1) is 9.81. The normalized spacial score (nSPS) is 10.5. The fourth-order valence-electron chi connectivity index (χ4n) is 1.16. The summed E-state index contributed by atoms with van der Waals surface area (Å²) in [5.41, 5.74) is 0. The molecule has 0 saturated heterocycles. The molecule has 3 N–H and O–H groups in total. The molecule has 0 aromatic heterocycles. The van der Waals surface area contributed by atoms with Gasteiger partial charge in [-0.2, -0.15) is 0 Å². The minimum atomic E-state index is -0.428. The zero-order chi connectivity index (χ0) is 14.9. The summed E-state index contributed by atoms with van der Waals surface area (Å²) in [4.78, 5) is 10.7. The maximum Gasteiger partial charge on any atom is 0.406 e. The van der Waals surface area contributed by atoms with Crippen molar-refractivity contribution in [3.63, 3.8) is 0 Å². The molecule has 20 heavy (non-hydrogen) atoms. The Balaban J connectivity index is 2.97. The van der Waals surface area contributed by atoms with Crippen molar-refractivity contribution >= 4 is 6.09 Å². The number of nitrogens with one attached hydrogen (secondary N) is 2. The minimum absolute atomic E-state index is 0.0320. The predicted octanol–water partition coefficient (Wildman–Crippen LogP) is -1.03. The van der Waals surface area contributed by atoms with Crippen LogP contribution in [0.25, 0.3) is 0 Å². The van der Waals surface area contributed by atoms with Crippen molar-refractivity contribution < 1.29 is 28.8 Å². The Morgan fingerprint density at radius 1 is 0.900 bits per heavy atom. The lowest BCUT2D eigenvalue weighted by Gasteiger charge is -2.07. The highest BCUT2D eigenvalue weighted by molar-refractivity contribution is 5.66. The minimum Gasteiger partial charge on any atom is -0.448 e. The highest BCUT2D eigenvalue weighted by atomic mass is 16.6. The monoisotopic (exact) mass is 294 g/mol. The van der Waals surface area contributed by atoms with Crippen LogP contribution in [0.3, 0.4) is 0 Å². The second kappa shape index (κ2) is 16.1. The molecule has 0 saturated carbocycles. The highest BCUT2D eigenvalue weighted by Crippen LogP contribution is 1.81. The van der Waals surface area contributed by atoms with Crippen LogP contribution in [-0.2, 0) is 18.9 Å². The molecule has 0 spiro atoms. The topological polar surface area (TPSA) is 98.3 Å². The van der Waals surface area contributed by atoms with Gasteiger partial charge in [-0.05, 0) is 0 Å². The number of hydrogen-bond acceptors (Lipinski definition) is 7. The quantitative estimate of drug-likeness (QED) is 0.352. The summed E-state index contributed by atoms with van der Waals surface area (Å²) in [5.74, 6) is 0. The largest absolute Gasteiger partial charge is 0.448 e. The van der Waals surface area contributed by atoms with E-state index in [0.717, 1.165) is 0 Å². The third-order valence-corrected chi connectivity index (χ3v) is 2.12. The molecule has 8 heteroatoms.